The molecule has 0 radical (unpaired) electrons. The van der Waals surface area contributed by atoms with Gasteiger partial charge in [-0.2, -0.15) is 5.10 Å². The van der Waals surface area contributed by atoms with Crippen LogP contribution in [0.25, 0.3) is 0 Å². The van der Waals surface area contributed by atoms with Crippen LogP contribution in [0.4, 0.5) is 0 Å². The number of nitrogens with one attached hydrogen (secondary N) is 1. The molecule has 0 amide bonds. The lowest BCUT2D eigenvalue weighted by atomic mass is 10.3. The number of carbonyl (C=O) groups is 1. The van der Waals surface area contributed by atoms with Gasteiger partial charge in [0.05, 0.1) is 35.0 Å². The Morgan fingerprint density at radius 3 is 2.64 bits per heavy atom. The highest BCUT2D eigenvalue weighted by Crippen LogP contribution is 2.27. The van der Waals surface area contributed by atoms with Crippen LogP contribution in [0.2, 0.25) is 5.02 Å². The van der Waals surface area contributed by atoms with Crippen molar-refractivity contribution in [2.45, 2.75) is 18.4 Å². The molecule has 0 aliphatic rings. The lowest BCUT2D eigenvalue weighted by Crippen LogP contribution is -2.24. The Balaban J connectivity index is 2.10. The molecule has 1 aromatic heterocycles. The van der Waals surface area contributed by atoms with Gasteiger partial charge >= 0.3 is 5.97 Å². The van der Waals surface area contributed by atoms with E-state index in [-0.39, 0.29) is 28.8 Å². The molecule has 0 aliphatic carbocycles. The smallest absolute Gasteiger partial charge is 0.343 e. The number of methoxy groups -OCH3 is 1. The molecule has 25 heavy (non-hydrogen) atoms. The predicted octanol–water partition coefficient (Wildman–Crippen LogP) is 1.41. The van der Waals surface area contributed by atoms with E-state index in [9.17, 15) is 13.2 Å². The first-order valence-corrected chi connectivity index (χ1v) is 9.07. The molecular weight excluding hydrogens is 370 g/mol. The highest BCUT2D eigenvalue weighted by Gasteiger charge is 2.17. The van der Waals surface area contributed by atoms with E-state index in [2.05, 4.69) is 14.6 Å². The summed E-state index contributed by atoms with van der Waals surface area (Å²) >= 11 is 6.02. The topological polar surface area (TPSA) is 99.5 Å². The van der Waals surface area contributed by atoms with Crippen molar-refractivity contribution in [3.05, 3.63) is 40.7 Å². The van der Waals surface area contributed by atoms with Crippen LogP contribution in [-0.4, -0.2) is 37.9 Å². The van der Waals surface area contributed by atoms with E-state index in [1.165, 1.54) is 25.3 Å². The molecule has 0 saturated heterocycles. The van der Waals surface area contributed by atoms with Crippen molar-refractivity contribution in [3.8, 4) is 5.75 Å². The fourth-order valence-electron chi connectivity index (χ4n) is 2.04. The van der Waals surface area contributed by atoms with Crippen molar-refractivity contribution < 1.29 is 22.7 Å². The number of esters is 1. The van der Waals surface area contributed by atoms with Gasteiger partial charge in [-0.15, -0.1) is 0 Å². The van der Waals surface area contributed by atoms with Crippen molar-refractivity contribution in [2.75, 3.05) is 13.7 Å². The van der Waals surface area contributed by atoms with Crippen molar-refractivity contribution in [1.29, 1.82) is 0 Å². The first kappa shape index (κ1) is 19.2. The molecule has 0 spiro atoms. The zero-order valence-corrected chi connectivity index (χ0v) is 15.5. The number of aryl methyl sites for hydroxylation is 2. The van der Waals surface area contributed by atoms with Crippen molar-refractivity contribution in [1.82, 2.24) is 14.5 Å². The third-order valence-electron chi connectivity index (χ3n) is 3.33. The molecule has 1 aromatic carbocycles. The molecule has 2 rings (SSSR count). The van der Waals surface area contributed by atoms with Gasteiger partial charge in [-0.1, -0.05) is 11.6 Å². The second-order valence-electron chi connectivity index (χ2n) is 5.18. The molecule has 10 heteroatoms. The minimum Gasteiger partial charge on any atom is -0.480 e. The minimum atomic E-state index is -3.76. The van der Waals surface area contributed by atoms with E-state index in [1.807, 2.05) is 6.92 Å². The van der Waals surface area contributed by atoms with Gasteiger partial charge < -0.3 is 9.47 Å². The highest BCUT2D eigenvalue weighted by molar-refractivity contribution is 7.89. The highest BCUT2D eigenvalue weighted by atomic mass is 35.5. The van der Waals surface area contributed by atoms with Crippen molar-refractivity contribution in [2.24, 2.45) is 7.05 Å². The molecule has 8 nitrogen and oxygen atoms in total. The van der Waals surface area contributed by atoms with Crippen LogP contribution in [-0.2, 0) is 33.1 Å². The number of carbonyl (C=O) groups excluding carboxylic acids is 1. The summed E-state index contributed by atoms with van der Waals surface area (Å²) in [7, 11) is -0.792. The molecule has 136 valence electrons. The molecule has 0 fully saturated rings. The predicted molar refractivity (Wildman–Crippen MR) is 90.9 cm³/mol. The lowest BCUT2D eigenvalue weighted by Gasteiger charge is -2.10. The lowest BCUT2D eigenvalue weighted by molar-refractivity contribution is -0.142. The van der Waals surface area contributed by atoms with Crippen molar-refractivity contribution >= 4 is 27.6 Å². The van der Waals surface area contributed by atoms with E-state index < -0.39 is 16.0 Å². The van der Waals surface area contributed by atoms with Gasteiger partial charge in [0.1, 0.15) is 5.75 Å². The second kappa shape index (κ2) is 7.85. The summed E-state index contributed by atoms with van der Waals surface area (Å²) in [6.07, 6.45) is 0. The average molecular weight is 388 g/mol. The number of sulfonamides is 1. The quantitative estimate of drug-likeness (QED) is 0.721. The molecule has 1 heterocycles. The summed E-state index contributed by atoms with van der Waals surface area (Å²) in [5.74, 6) is -0.380. The number of benzene rings is 1. The van der Waals surface area contributed by atoms with Crippen LogP contribution in [0.3, 0.4) is 0 Å². The Morgan fingerprint density at radius 1 is 1.36 bits per heavy atom. The molecule has 0 bridgehead atoms. The van der Waals surface area contributed by atoms with E-state index in [1.54, 1.807) is 17.8 Å². The van der Waals surface area contributed by atoms with Crippen LogP contribution in [0.15, 0.2) is 29.2 Å². The Hall–Kier alpha value is -2.10. The fraction of sp³-hybridized carbons (Fsp3) is 0.333. The Morgan fingerprint density at radius 2 is 2.08 bits per heavy atom. The molecule has 0 unspecified atom stereocenters. The number of rotatable bonds is 7. The van der Waals surface area contributed by atoms with Gasteiger partial charge in [-0.05, 0) is 31.2 Å². The van der Waals surface area contributed by atoms with E-state index >= 15 is 0 Å². The van der Waals surface area contributed by atoms with Crippen LogP contribution in [0, 0.1) is 6.92 Å². The summed E-state index contributed by atoms with van der Waals surface area (Å²) in [5, 5.41) is 4.23. The summed E-state index contributed by atoms with van der Waals surface area (Å²) in [6.45, 7) is 1.60. The summed E-state index contributed by atoms with van der Waals surface area (Å²) in [4.78, 5) is 11.1. The summed E-state index contributed by atoms with van der Waals surface area (Å²) in [6, 6.07) is 5.77. The Labute approximate surface area is 150 Å². The van der Waals surface area contributed by atoms with Gasteiger partial charge in [0.2, 0.25) is 10.0 Å². The van der Waals surface area contributed by atoms with Gasteiger partial charge in [0.25, 0.3) is 0 Å². The molecular formula is C15H18ClN3O5S. The molecule has 0 saturated carbocycles. The Bertz CT molecular complexity index is 879. The van der Waals surface area contributed by atoms with Gasteiger partial charge in [0, 0.05) is 7.05 Å². The third kappa shape index (κ3) is 4.94. The Kier molecular flexibility index (Phi) is 6.04. The number of nitrogens with zero attached hydrogens (tertiary/aromatic N) is 2. The number of halogens is 1. The largest absolute Gasteiger partial charge is 0.480 e. The number of hydrogen-bond acceptors (Lipinski definition) is 6. The molecule has 2 aromatic rings. The third-order valence-corrected chi connectivity index (χ3v) is 5.02. The summed E-state index contributed by atoms with van der Waals surface area (Å²) in [5.41, 5.74) is 1.53. The van der Waals surface area contributed by atoms with Crippen LogP contribution in [0.1, 0.15) is 11.4 Å². The monoisotopic (exact) mass is 387 g/mol. The van der Waals surface area contributed by atoms with E-state index in [0.29, 0.717) is 0 Å². The maximum atomic E-state index is 12.4. The van der Waals surface area contributed by atoms with E-state index in [4.69, 9.17) is 16.3 Å². The normalized spacial score (nSPS) is 11.4. The zero-order chi connectivity index (χ0) is 18.6. The molecule has 0 atom stereocenters. The van der Waals surface area contributed by atoms with Crippen LogP contribution in [0.5, 0.6) is 5.75 Å². The summed E-state index contributed by atoms with van der Waals surface area (Å²) < 4.78 is 38.5. The number of hydrogen-bond donors (Lipinski definition) is 1. The maximum absolute atomic E-state index is 12.4. The van der Waals surface area contributed by atoms with Gasteiger partial charge in [-0.3, -0.25) is 4.68 Å². The SMILES string of the molecule is COC(=O)COc1ccc(S(=O)(=O)NCc2cc(C)nn2C)cc1Cl. The maximum Gasteiger partial charge on any atom is 0.343 e. The fourth-order valence-corrected chi connectivity index (χ4v) is 3.37. The van der Waals surface area contributed by atoms with Crippen molar-refractivity contribution in [3.63, 3.8) is 0 Å². The standard InChI is InChI=1S/C15H18ClN3O5S/c1-10-6-11(19(2)18-10)8-17-25(21,22)12-4-5-14(13(16)7-12)24-9-15(20)23-3/h4-7,17H,8-9H2,1-3H3. The van der Waals surface area contributed by atoms with E-state index in [0.717, 1.165) is 11.4 Å². The number of ether oxygens (including phenoxy) is 2. The van der Waals surface area contributed by atoms with Crippen LogP contribution >= 0.6 is 11.6 Å². The van der Waals surface area contributed by atoms with Gasteiger partial charge in [0.15, 0.2) is 6.61 Å². The first-order valence-electron chi connectivity index (χ1n) is 7.21. The average Bonchev–Trinajstić information content (AvgIpc) is 2.89. The first-order chi connectivity index (χ1) is 11.7. The molecule has 0 aliphatic heterocycles. The molecule has 1 N–H and O–H groups in total. The minimum absolute atomic E-state index is 0.0122. The second-order valence-corrected chi connectivity index (χ2v) is 7.36. The zero-order valence-electron chi connectivity index (χ0n) is 13.9. The van der Waals surface area contributed by atoms with Gasteiger partial charge in [-0.25, -0.2) is 17.9 Å². The number of aromatic nitrogens is 2. The van der Waals surface area contributed by atoms with Crippen LogP contribution < -0.4 is 9.46 Å².